The predicted molar refractivity (Wildman–Crippen MR) is 71.0 cm³/mol. The molecule has 0 saturated heterocycles. The van der Waals surface area contributed by atoms with Crippen LogP contribution in [0.4, 0.5) is 0 Å². The summed E-state index contributed by atoms with van der Waals surface area (Å²) in [5.41, 5.74) is 2.24. The normalized spacial score (nSPS) is 11.1. The molecule has 0 heterocycles. The number of rotatable bonds is 4. The Hall–Kier alpha value is -1.21. The Balaban J connectivity index is 2.32. The zero-order valence-electron chi connectivity index (χ0n) is 9.40. The van der Waals surface area contributed by atoms with Crippen LogP contribution in [-0.2, 0) is 0 Å². The first-order valence-corrected chi connectivity index (χ1v) is 6.96. The Morgan fingerprint density at radius 3 is 1.53 bits per heavy atom. The predicted octanol–water partition coefficient (Wildman–Crippen LogP) is 3.12. The van der Waals surface area contributed by atoms with Gasteiger partial charge in [-0.1, -0.05) is 60.7 Å². The van der Waals surface area contributed by atoms with Crippen molar-refractivity contribution in [2.75, 3.05) is 6.16 Å². The summed E-state index contributed by atoms with van der Waals surface area (Å²) < 4.78 is 0. The van der Waals surface area contributed by atoms with E-state index in [1.54, 1.807) is 0 Å². The Morgan fingerprint density at radius 1 is 0.765 bits per heavy atom. The lowest BCUT2D eigenvalue weighted by Crippen LogP contribution is -2.05. The van der Waals surface area contributed by atoms with Gasteiger partial charge in [0, 0.05) is 12.1 Å². The summed E-state index contributed by atoms with van der Waals surface area (Å²) in [5, 5.41) is 0. The average Bonchev–Trinajstić information content (AvgIpc) is 2.38. The standard InChI is InChI=1S/C14H15O2P/c15-17(16)11-14(12-7-3-1-4-8-12)13-9-5-2-6-10-13/h1-10,14-16H,11H2. The van der Waals surface area contributed by atoms with E-state index in [-0.39, 0.29) is 5.92 Å². The molecule has 0 unspecified atom stereocenters. The molecule has 2 aromatic carbocycles. The quantitative estimate of drug-likeness (QED) is 0.814. The van der Waals surface area contributed by atoms with Gasteiger partial charge < -0.3 is 9.79 Å². The molecule has 0 aliphatic rings. The van der Waals surface area contributed by atoms with Crippen molar-refractivity contribution in [3.63, 3.8) is 0 Å². The smallest absolute Gasteiger partial charge is 0.165 e. The second-order valence-corrected chi connectivity index (χ2v) is 5.04. The molecule has 0 aromatic heterocycles. The third kappa shape index (κ3) is 3.37. The van der Waals surface area contributed by atoms with Gasteiger partial charge in [0.15, 0.2) is 8.38 Å². The molecular weight excluding hydrogens is 231 g/mol. The van der Waals surface area contributed by atoms with Gasteiger partial charge in [-0.25, -0.2) is 0 Å². The van der Waals surface area contributed by atoms with E-state index in [0.717, 1.165) is 11.1 Å². The molecule has 0 aliphatic heterocycles. The Kier molecular flexibility index (Phi) is 4.27. The van der Waals surface area contributed by atoms with Gasteiger partial charge in [0.2, 0.25) is 0 Å². The van der Waals surface area contributed by atoms with Gasteiger partial charge in [-0.3, -0.25) is 0 Å². The van der Waals surface area contributed by atoms with Crippen LogP contribution in [0.15, 0.2) is 60.7 Å². The van der Waals surface area contributed by atoms with Gasteiger partial charge in [0.05, 0.1) is 0 Å². The summed E-state index contributed by atoms with van der Waals surface area (Å²) >= 11 is 0. The molecule has 0 spiro atoms. The van der Waals surface area contributed by atoms with Crippen molar-refractivity contribution in [1.29, 1.82) is 0 Å². The van der Waals surface area contributed by atoms with E-state index in [0.29, 0.717) is 6.16 Å². The number of hydrogen-bond acceptors (Lipinski definition) is 2. The number of hydrogen-bond donors (Lipinski definition) is 2. The van der Waals surface area contributed by atoms with Gasteiger partial charge in [-0.2, -0.15) is 0 Å². The first-order valence-electron chi connectivity index (χ1n) is 5.52. The molecule has 0 saturated carbocycles. The highest BCUT2D eigenvalue weighted by atomic mass is 31.2. The fourth-order valence-corrected chi connectivity index (χ4v) is 2.69. The molecule has 17 heavy (non-hydrogen) atoms. The molecule has 0 amide bonds. The van der Waals surface area contributed by atoms with Gasteiger partial charge in [0.25, 0.3) is 0 Å². The first kappa shape index (κ1) is 12.3. The molecule has 3 heteroatoms. The van der Waals surface area contributed by atoms with Crippen molar-refractivity contribution < 1.29 is 9.79 Å². The van der Waals surface area contributed by atoms with E-state index >= 15 is 0 Å². The minimum Gasteiger partial charge on any atom is -0.350 e. The molecule has 2 nitrogen and oxygen atoms in total. The average molecular weight is 246 g/mol. The van der Waals surface area contributed by atoms with Crippen molar-refractivity contribution in [3.8, 4) is 0 Å². The summed E-state index contributed by atoms with van der Waals surface area (Å²) in [6, 6.07) is 19.9. The van der Waals surface area contributed by atoms with Crippen molar-refractivity contribution in [2.45, 2.75) is 5.92 Å². The van der Waals surface area contributed by atoms with Crippen molar-refractivity contribution in [3.05, 3.63) is 71.8 Å². The molecule has 0 fully saturated rings. The molecule has 2 N–H and O–H groups in total. The monoisotopic (exact) mass is 246 g/mol. The van der Waals surface area contributed by atoms with Crippen LogP contribution in [0.5, 0.6) is 0 Å². The number of benzene rings is 2. The van der Waals surface area contributed by atoms with Crippen LogP contribution < -0.4 is 0 Å². The third-order valence-corrected chi connectivity index (χ3v) is 3.44. The van der Waals surface area contributed by atoms with Gasteiger partial charge in [0.1, 0.15) is 0 Å². The molecule has 0 radical (unpaired) electrons. The van der Waals surface area contributed by atoms with Crippen molar-refractivity contribution in [2.24, 2.45) is 0 Å². The minimum absolute atomic E-state index is 0.0542. The van der Waals surface area contributed by atoms with Crippen molar-refractivity contribution in [1.82, 2.24) is 0 Å². The summed E-state index contributed by atoms with van der Waals surface area (Å²) in [7, 11) is -1.89. The Morgan fingerprint density at radius 2 is 1.18 bits per heavy atom. The fraction of sp³-hybridized carbons (Fsp3) is 0.143. The zero-order valence-corrected chi connectivity index (χ0v) is 10.3. The van der Waals surface area contributed by atoms with Gasteiger partial charge in [-0.05, 0) is 11.1 Å². The summed E-state index contributed by atoms with van der Waals surface area (Å²) in [5.74, 6) is 0.0542. The summed E-state index contributed by atoms with van der Waals surface area (Å²) in [6.07, 6.45) is 0.378. The molecule has 0 aliphatic carbocycles. The zero-order chi connectivity index (χ0) is 12.1. The van der Waals surface area contributed by atoms with E-state index in [2.05, 4.69) is 0 Å². The lowest BCUT2D eigenvalue weighted by molar-refractivity contribution is 0.479. The molecule has 2 aromatic rings. The SMILES string of the molecule is OP(O)CC(c1ccccc1)c1ccccc1. The molecule has 88 valence electrons. The highest BCUT2D eigenvalue weighted by molar-refractivity contribution is 7.45. The third-order valence-electron chi connectivity index (χ3n) is 2.75. The maximum absolute atomic E-state index is 9.27. The van der Waals surface area contributed by atoms with Crippen LogP contribution in [0.1, 0.15) is 17.0 Å². The minimum atomic E-state index is -1.89. The summed E-state index contributed by atoms with van der Waals surface area (Å²) in [6.45, 7) is 0. The maximum Gasteiger partial charge on any atom is 0.165 e. The van der Waals surface area contributed by atoms with Crippen LogP contribution in [-0.4, -0.2) is 15.9 Å². The lowest BCUT2D eigenvalue weighted by atomic mass is 9.93. The Bertz CT molecular complexity index is 403. The topological polar surface area (TPSA) is 40.5 Å². The molecule has 2 rings (SSSR count). The van der Waals surface area contributed by atoms with Crippen LogP contribution >= 0.6 is 8.38 Å². The van der Waals surface area contributed by atoms with Crippen molar-refractivity contribution >= 4 is 8.38 Å². The highest BCUT2D eigenvalue weighted by Gasteiger charge is 2.17. The Labute approximate surface area is 102 Å². The summed E-state index contributed by atoms with van der Waals surface area (Å²) in [4.78, 5) is 18.5. The fourth-order valence-electron chi connectivity index (χ4n) is 1.94. The second-order valence-electron chi connectivity index (χ2n) is 3.93. The van der Waals surface area contributed by atoms with E-state index in [4.69, 9.17) is 0 Å². The van der Waals surface area contributed by atoms with E-state index in [9.17, 15) is 9.79 Å². The van der Waals surface area contributed by atoms with Crippen LogP contribution in [0.2, 0.25) is 0 Å². The second kappa shape index (κ2) is 5.92. The molecule has 0 atom stereocenters. The maximum atomic E-state index is 9.27. The molecule has 0 bridgehead atoms. The highest BCUT2D eigenvalue weighted by Crippen LogP contribution is 2.35. The van der Waals surface area contributed by atoms with Crippen LogP contribution in [0, 0.1) is 0 Å². The largest absolute Gasteiger partial charge is 0.350 e. The van der Waals surface area contributed by atoms with Gasteiger partial charge in [-0.15, -0.1) is 0 Å². The molecular formula is C14H15O2P. The van der Waals surface area contributed by atoms with Crippen LogP contribution in [0.25, 0.3) is 0 Å². The lowest BCUT2D eigenvalue weighted by Gasteiger charge is -2.18. The van der Waals surface area contributed by atoms with Crippen LogP contribution in [0.3, 0.4) is 0 Å². The van der Waals surface area contributed by atoms with E-state index < -0.39 is 8.38 Å². The van der Waals surface area contributed by atoms with E-state index in [1.165, 1.54) is 0 Å². The first-order chi connectivity index (χ1) is 8.27. The van der Waals surface area contributed by atoms with Gasteiger partial charge >= 0.3 is 0 Å². The van der Waals surface area contributed by atoms with E-state index in [1.807, 2.05) is 60.7 Å².